The summed E-state index contributed by atoms with van der Waals surface area (Å²) < 4.78 is 0. The zero-order chi connectivity index (χ0) is 12.0. The minimum absolute atomic E-state index is 0.660. The van der Waals surface area contributed by atoms with Gasteiger partial charge in [-0.25, -0.2) is 9.59 Å². The number of rotatable bonds is 4. The molecule has 0 spiro atoms. The Labute approximate surface area is 92.2 Å². The lowest BCUT2D eigenvalue weighted by molar-refractivity contribution is -0.140. The van der Waals surface area contributed by atoms with Crippen LogP contribution in [0.3, 0.4) is 0 Å². The molecule has 1 aromatic carbocycles. The Balaban J connectivity index is 2.82. The van der Waals surface area contributed by atoms with E-state index < -0.39 is 17.5 Å². The molecule has 0 aliphatic carbocycles. The molecule has 1 rings (SSSR count). The van der Waals surface area contributed by atoms with Gasteiger partial charge < -0.3 is 10.2 Å². The van der Waals surface area contributed by atoms with Crippen LogP contribution in [0.2, 0.25) is 0 Å². The molecule has 0 aliphatic rings. The van der Waals surface area contributed by atoms with Crippen molar-refractivity contribution in [3.05, 3.63) is 53.6 Å². The molecule has 0 saturated heterocycles. The van der Waals surface area contributed by atoms with Crippen LogP contribution in [-0.2, 0) is 9.59 Å². The molecule has 0 amide bonds. The van der Waals surface area contributed by atoms with Crippen LogP contribution in [0, 0.1) is 0 Å². The second kappa shape index (κ2) is 5.50. The van der Waals surface area contributed by atoms with E-state index >= 15 is 0 Å². The molecular weight excluding hydrogens is 208 g/mol. The van der Waals surface area contributed by atoms with E-state index in [9.17, 15) is 9.59 Å². The maximum Gasteiger partial charge on any atom is 0.343 e. The van der Waals surface area contributed by atoms with Crippen LogP contribution in [0.5, 0.6) is 0 Å². The minimum atomic E-state index is -1.45. The first-order valence-corrected chi connectivity index (χ1v) is 4.51. The van der Waals surface area contributed by atoms with E-state index in [4.69, 9.17) is 10.2 Å². The summed E-state index contributed by atoms with van der Waals surface area (Å²) in [5.74, 6) is -2.91. The summed E-state index contributed by atoms with van der Waals surface area (Å²) in [5.41, 5.74) is 0.209. The van der Waals surface area contributed by atoms with Crippen molar-refractivity contribution in [2.45, 2.75) is 0 Å². The third-order valence-electron chi connectivity index (χ3n) is 1.81. The van der Waals surface area contributed by atoms with Gasteiger partial charge in [0.05, 0.1) is 0 Å². The third kappa shape index (κ3) is 3.42. The molecule has 0 aromatic heterocycles. The number of aliphatic carboxylic acids is 2. The van der Waals surface area contributed by atoms with Crippen molar-refractivity contribution in [2.75, 3.05) is 0 Å². The van der Waals surface area contributed by atoms with Crippen molar-refractivity contribution in [3.8, 4) is 0 Å². The molecule has 16 heavy (non-hydrogen) atoms. The topological polar surface area (TPSA) is 74.6 Å². The summed E-state index contributed by atoms with van der Waals surface area (Å²) in [6, 6.07) is 9.17. The van der Waals surface area contributed by atoms with Gasteiger partial charge in [-0.3, -0.25) is 0 Å². The number of carbonyl (C=O) groups is 2. The van der Waals surface area contributed by atoms with E-state index in [2.05, 4.69) is 0 Å². The molecule has 0 atom stereocenters. The smallest absolute Gasteiger partial charge is 0.343 e. The quantitative estimate of drug-likeness (QED) is 0.349. The lowest BCUT2D eigenvalue weighted by Crippen LogP contribution is -2.10. The average Bonchev–Trinajstić information content (AvgIpc) is 2.24. The standard InChI is InChI=1S/C12H10O4/c13-11(14)10(12(15)16)8-4-7-9-5-2-1-3-6-9/h1-8H,(H,13,14)(H,15,16)/b7-4+. The highest BCUT2D eigenvalue weighted by Crippen LogP contribution is 2.02. The molecule has 4 nitrogen and oxygen atoms in total. The maximum atomic E-state index is 10.5. The SMILES string of the molecule is O=C(O)C(=C/C=C/c1ccccc1)C(=O)O. The lowest BCUT2D eigenvalue weighted by Gasteiger charge is -1.92. The molecule has 0 fully saturated rings. The van der Waals surface area contributed by atoms with Crippen LogP contribution in [0.25, 0.3) is 6.08 Å². The number of allylic oxidation sites excluding steroid dienone is 2. The molecule has 0 saturated carbocycles. The summed E-state index contributed by atoms with van der Waals surface area (Å²) >= 11 is 0. The summed E-state index contributed by atoms with van der Waals surface area (Å²) in [4.78, 5) is 21.0. The van der Waals surface area contributed by atoms with Gasteiger partial charge in [0.15, 0.2) is 0 Å². The summed E-state index contributed by atoms with van der Waals surface area (Å²) in [6.45, 7) is 0. The zero-order valence-electron chi connectivity index (χ0n) is 8.33. The van der Waals surface area contributed by atoms with E-state index in [1.165, 1.54) is 6.08 Å². The van der Waals surface area contributed by atoms with Crippen molar-refractivity contribution in [1.29, 1.82) is 0 Å². The lowest BCUT2D eigenvalue weighted by atomic mass is 10.2. The molecule has 0 bridgehead atoms. The molecule has 2 N–H and O–H groups in total. The van der Waals surface area contributed by atoms with Crippen LogP contribution < -0.4 is 0 Å². The molecule has 0 aliphatic heterocycles. The maximum absolute atomic E-state index is 10.5. The van der Waals surface area contributed by atoms with Crippen molar-refractivity contribution in [1.82, 2.24) is 0 Å². The van der Waals surface area contributed by atoms with Gasteiger partial charge in [-0.15, -0.1) is 0 Å². The first kappa shape index (κ1) is 11.7. The number of hydrogen-bond acceptors (Lipinski definition) is 2. The van der Waals surface area contributed by atoms with E-state index in [-0.39, 0.29) is 0 Å². The minimum Gasteiger partial charge on any atom is -0.477 e. The molecule has 0 unspecified atom stereocenters. The van der Waals surface area contributed by atoms with Gasteiger partial charge in [0, 0.05) is 0 Å². The third-order valence-corrected chi connectivity index (χ3v) is 1.81. The van der Waals surface area contributed by atoms with Gasteiger partial charge in [0.25, 0.3) is 0 Å². The Morgan fingerprint density at radius 1 is 1.00 bits per heavy atom. The second-order valence-electron chi connectivity index (χ2n) is 2.96. The van der Waals surface area contributed by atoms with Gasteiger partial charge >= 0.3 is 11.9 Å². The van der Waals surface area contributed by atoms with Gasteiger partial charge in [-0.1, -0.05) is 42.5 Å². The predicted octanol–water partition coefficient (Wildman–Crippen LogP) is 1.80. The second-order valence-corrected chi connectivity index (χ2v) is 2.96. The van der Waals surface area contributed by atoms with E-state index in [0.717, 1.165) is 11.6 Å². The fourth-order valence-electron chi connectivity index (χ4n) is 1.05. The highest BCUT2D eigenvalue weighted by atomic mass is 16.4. The number of hydrogen-bond donors (Lipinski definition) is 2. The van der Waals surface area contributed by atoms with Crippen LogP contribution in [0.1, 0.15) is 5.56 Å². The highest BCUT2D eigenvalue weighted by Gasteiger charge is 2.13. The van der Waals surface area contributed by atoms with Crippen molar-refractivity contribution in [3.63, 3.8) is 0 Å². The predicted molar refractivity (Wildman–Crippen MR) is 58.8 cm³/mol. The van der Waals surface area contributed by atoms with Crippen molar-refractivity contribution in [2.24, 2.45) is 0 Å². The van der Waals surface area contributed by atoms with Crippen LogP contribution in [0.15, 0.2) is 48.1 Å². The molecule has 0 heterocycles. The van der Waals surface area contributed by atoms with Gasteiger partial charge in [0.1, 0.15) is 5.57 Å². The van der Waals surface area contributed by atoms with Gasteiger partial charge in [0.2, 0.25) is 0 Å². The molecule has 82 valence electrons. The number of carboxylic acid groups (broad SMARTS) is 2. The van der Waals surface area contributed by atoms with Crippen LogP contribution >= 0.6 is 0 Å². The van der Waals surface area contributed by atoms with Crippen LogP contribution in [-0.4, -0.2) is 22.2 Å². The first-order valence-electron chi connectivity index (χ1n) is 4.51. The highest BCUT2D eigenvalue weighted by molar-refractivity contribution is 6.12. The van der Waals surface area contributed by atoms with E-state index in [1.54, 1.807) is 6.08 Å². The first-order chi connectivity index (χ1) is 7.61. The van der Waals surface area contributed by atoms with Gasteiger partial charge in [-0.05, 0) is 11.6 Å². The Hall–Kier alpha value is -2.36. The summed E-state index contributed by atoms with van der Waals surface area (Å²) in [6.07, 6.45) is 4.08. The fraction of sp³-hybridized carbons (Fsp3) is 0. The van der Waals surface area contributed by atoms with Gasteiger partial charge in [-0.2, -0.15) is 0 Å². The summed E-state index contributed by atoms with van der Waals surface area (Å²) in [5, 5.41) is 17.1. The zero-order valence-corrected chi connectivity index (χ0v) is 8.33. The van der Waals surface area contributed by atoms with E-state index in [0.29, 0.717) is 0 Å². The monoisotopic (exact) mass is 218 g/mol. The Morgan fingerprint density at radius 2 is 1.56 bits per heavy atom. The Bertz CT molecular complexity index is 427. The number of benzene rings is 1. The van der Waals surface area contributed by atoms with E-state index in [1.807, 2.05) is 30.3 Å². The summed E-state index contributed by atoms with van der Waals surface area (Å²) in [7, 11) is 0. The Kier molecular flexibility index (Phi) is 4.03. The molecule has 4 heteroatoms. The average molecular weight is 218 g/mol. The van der Waals surface area contributed by atoms with Crippen molar-refractivity contribution < 1.29 is 19.8 Å². The molecular formula is C12H10O4. The number of carboxylic acids is 2. The van der Waals surface area contributed by atoms with Crippen LogP contribution in [0.4, 0.5) is 0 Å². The largest absolute Gasteiger partial charge is 0.477 e. The van der Waals surface area contributed by atoms with Crippen molar-refractivity contribution >= 4 is 18.0 Å². The Morgan fingerprint density at radius 3 is 2.06 bits per heavy atom. The normalized spacial score (nSPS) is 10.0. The fourth-order valence-corrected chi connectivity index (χ4v) is 1.05. The molecule has 0 radical (unpaired) electrons. The molecule has 1 aromatic rings.